The Morgan fingerprint density at radius 1 is 0.733 bits per heavy atom. The van der Waals surface area contributed by atoms with E-state index < -0.39 is 88.7 Å². The Hall–Kier alpha value is -9.03. The number of primary amides is 1. The quantitative estimate of drug-likeness (QED) is 0.0173. The number of nitrogens with one attached hydrogen (secondary N) is 7. The normalized spacial score (nSPS) is 13.9. The maximum Gasteiger partial charge on any atom is 0.411 e. The summed E-state index contributed by atoms with van der Waals surface area (Å²) in [5, 5.41) is 29.2. The van der Waals surface area contributed by atoms with Gasteiger partial charge in [0, 0.05) is 59.9 Å². The molecule has 0 radical (unpaired) electrons. The van der Waals surface area contributed by atoms with Crippen LogP contribution in [0.3, 0.4) is 0 Å². The molecule has 1 heterocycles. The molecule has 0 saturated carbocycles. The summed E-state index contributed by atoms with van der Waals surface area (Å²) in [6.07, 6.45) is 0.783. The number of hydrogen-bond donors (Lipinski definition) is 9. The molecule has 1 aliphatic heterocycles. The molecule has 460 valence electrons. The number of para-hydroxylation sites is 1. The fraction of sp³-hybridized carbons (Fsp3) is 0.431. The first-order valence-corrected chi connectivity index (χ1v) is 28.7. The predicted molar refractivity (Wildman–Crippen MR) is 330 cm³/mol. The molecule has 4 aromatic carbocycles. The van der Waals surface area contributed by atoms with Crippen LogP contribution in [0.1, 0.15) is 123 Å². The number of amides is 9. The number of carbonyl (C=O) groups is 9. The monoisotopic (exact) mass is 1180 g/mol. The van der Waals surface area contributed by atoms with Gasteiger partial charge in [-0.05, 0) is 103 Å². The van der Waals surface area contributed by atoms with Crippen molar-refractivity contribution in [2.24, 2.45) is 23.0 Å². The molecule has 10 N–H and O–H groups in total. The van der Waals surface area contributed by atoms with Crippen molar-refractivity contribution in [3.8, 4) is 11.8 Å². The number of nitrogens with two attached hydrogens (primary N) is 1. The summed E-state index contributed by atoms with van der Waals surface area (Å²) >= 11 is 0. The van der Waals surface area contributed by atoms with Crippen molar-refractivity contribution in [2.75, 3.05) is 36.2 Å². The molecule has 0 spiro atoms. The Kier molecular flexibility index (Phi) is 24.2. The number of rotatable bonds is 26. The van der Waals surface area contributed by atoms with Gasteiger partial charge in [0.1, 0.15) is 24.7 Å². The minimum atomic E-state index is -1.12. The molecule has 4 aromatic rings. The summed E-state index contributed by atoms with van der Waals surface area (Å²) in [5.74, 6) is 1.90. The van der Waals surface area contributed by atoms with Crippen molar-refractivity contribution in [3.05, 3.63) is 137 Å². The standard InChI is InChI=1S/C65H84N10O11/c1-39(2)51(36-41(5)61(82)83)74(12)60(81)56(64(6,7)8)73-59(80)55(67-11)65(9,10)46-27-31-48(32-28-46)70-63(85)86-38-42-23-29-47(30-24-42)69-57(78)49(21-17-35-68-62(66)84)71-58(79)54(40(3)4)72-52(76)33-34-53(77)75-37-45-20-14-13-18-43(45)25-26-44-19-15-16-22-50(44)75/h13-16,18-20,22-24,27-32,36,39-40,49,51,54-56,67H,17,21,33-35,37-38H2,1-12H3,(H,69,78)(H,70,85)(H,71,79)(H,72,76)(H,73,80)(H,82,83)(H3,66,68,84)/b41-36+/t49-,51+,54-,55-,56+/m0/s1. The lowest BCUT2D eigenvalue weighted by atomic mass is 9.76. The van der Waals surface area contributed by atoms with Crippen LogP contribution in [0.2, 0.25) is 0 Å². The van der Waals surface area contributed by atoms with E-state index in [2.05, 4.69) is 49.1 Å². The highest BCUT2D eigenvalue weighted by atomic mass is 16.5. The summed E-state index contributed by atoms with van der Waals surface area (Å²) in [7, 11) is 3.26. The fourth-order valence-electron chi connectivity index (χ4n) is 9.88. The molecule has 0 fully saturated rings. The topological polar surface area (TPSA) is 300 Å². The highest BCUT2D eigenvalue weighted by Crippen LogP contribution is 2.31. The summed E-state index contributed by atoms with van der Waals surface area (Å²) in [5.41, 5.74) is 8.89. The van der Waals surface area contributed by atoms with Crippen LogP contribution in [0.15, 0.2) is 109 Å². The number of benzene rings is 4. The van der Waals surface area contributed by atoms with Crippen molar-refractivity contribution >= 4 is 70.6 Å². The molecule has 1 aliphatic rings. The van der Waals surface area contributed by atoms with Crippen molar-refractivity contribution in [3.63, 3.8) is 0 Å². The fourth-order valence-corrected chi connectivity index (χ4v) is 9.88. The van der Waals surface area contributed by atoms with Crippen LogP contribution < -0.4 is 47.9 Å². The lowest BCUT2D eigenvalue weighted by Crippen LogP contribution is -2.61. The Morgan fingerprint density at radius 2 is 1.34 bits per heavy atom. The minimum Gasteiger partial charge on any atom is -0.478 e. The molecular formula is C65H84N10O11. The number of ether oxygens (including phenoxy) is 1. The number of carboxylic acids is 1. The molecule has 0 aromatic heterocycles. The third kappa shape index (κ3) is 19.0. The third-order valence-electron chi connectivity index (χ3n) is 15.0. The highest BCUT2D eigenvalue weighted by Gasteiger charge is 2.42. The maximum absolute atomic E-state index is 14.1. The number of nitrogens with zero attached hydrogens (tertiary/aromatic N) is 2. The molecule has 0 aliphatic carbocycles. The largest absolute Gasteiger partial charge is 0.478 e. The lowest BCUT2D eigenvalue weighted by molar-refractivity contribution is -0.141. The van der Waals surface area contributed by atoms with E-state index in [-0.39, 0.29) is 68.7 Å². The van der Waals surface area contributed by atoms with E-state index >= 15 is 0 Å². The van der Waals surface area contributed by atoms with Crippen molar-refractivity contribution in [2.45, 2.75) is 144 Å². The van der Waals surface area contributed by atoms with Gasteiger partial charge in [-0.25, -0.2) is 14.4 Å². The molecule has 5 rings (SSSR count). The second-order valence-corrected chi connectivity index (χ2v) is 23.7. The van der Waals surface area contributed by atoms with Gasteiger partial charge in [0.2, 0.25) is 35.4 Å². The predicted octanol–water partition coefficient (Wildman–Crippen LogP) is 7.09. The minimum absolute atomic E-state index is 0.0860. The van der Waals surface area contributed by atoms with E-state index in [1.165, 1.54) is 11.8 Å². The molecule has 86 heavy (non-hydrogen) atoms. The Balaban J connectivity index is 1.16. The first-order valence-electron chi connectivity index (χ1n) is 28.7. The van der Waals surface area contributed by atoms with Crippen LogP contribution in [0.25, 0.3) is 0 Å². The molecule has 0 bridgehead atoms. The van der Waals surface area contributed by atoms with E-state index in [1.54, 1.807) is 87.4 Å². The lowest BCUT2D eigenvalue weighted by Gasteiger charge is -2.40. The number of hydrogen-bond acceptors (Lipinski definition) is 11. The first kappa shape index (κ1) is 67.8. The smallest absolute Gasteiger partial charge is 0.411 e. The SMILES string of the molecule is CN[C@@H](C(=O)N[C@H](C(=O)N(C)[C@H](/C=C(\C)C(=O)O)C(C)C)C(C)(C)C)C(C)(C)c1ccc(NC(=O)OCc2ccc(NC(=O)[C@H](CCCNC(N)=O)NC(=O)[C@@H](NC(=O)CCC(=O)N3Cc4ccccc4C#Cc4ccccc43)C(C)C)cc2)cc1. The maximum atomic E-state index is 14.1. The van der Waals surface area contributed by atoms with Gasteiger partial charge in [0.25, 0.3) is 0 Å². The van der Waals surface area contributed by atoms with E-state index in [4.69, 9.17) is 10.5 Å². The first-order chi connectivity index (χ1) is 40.5. The van der Waals surface area contributed by atoms with E-state index in [0.29, 0.717) is 28.2 Å². The molecule has 5 atom stereocenters. The molecular weight excluding hydrogens is 1100 g/mol. The van der Waals surface area contributed by atoms with Gasteiger partial charge in [-0.3, -0.25) is 34.1 Å². The van der Waals surface area contributed by atoms with Crippen molar-refractivity contribution < 1.29 is 53.0 Å². The van der Waals surface area contributed by atoms with Gasteiger partial charge in [0.05, 0.1) is 24.3 Å². The van der Waals surface area contributed by atoms with Gasteiger partial charge in [0.15, 0.2) is 0 Å². The van der Waals surface area contributed by atoms with Crippen LogP contribution >= 0.6 is 0 Å². The van der Waals surface area contributed by atoms with E-state index in [0.717, 1.165) is 16.7 Å². The molecule has 0 saturated heterocycles. The number of likely N-dealkylation sites (N-methyl/N-ethyl adjacent to an activating group) is 2. The van der Waals surface area contributed by atoms with Crippen LogP contribution in [0.5, 0.6) is 0 Å². The summed E-state index contributed by atoms with van der Waals surface area (Å²) in [6.45, 7) is 18.3. The number of aliphatic carboxylic acids is 1. The zero-order chi connectivity index (χ0) is 63.6. The number of fused-ring (bicyclic) bond motifs is 2. The second-order valence-electron chi connectivity index (χ2n) is 23.7. The van der Waals surface area contributed by atoms with Crippen molar-refractivity contribution in [1.29, 1.82) is 0 Å². The third-order valence-corrected chi connectivity index (χ3v) is 15.0. The molecule has 9 amide bonds. The molecule has 21 nitrogen and oxygen atoms in total. The Bertz CT molecular complexity index is 3190. The van der Waals surface area contributed by atoms with Crippen LogP contribution in [0.4, 0.5) is 26.7 Å². The van der Waals surface area contributed by atoms with Gasteiger partial charge in [-0.15, -0.1) is 0 Å². The van der Waals surface area contributed by atoms with Gasteiger partial charge < -0.3 is 57.3 Å². The number of carboxylic acid groups (broad SMARTS) is 1. The van der Waals surface area contributed by atoms with Gasteiger partial charge in [-0.2, -0.15) is 0 Å². The van der Waals surface area contributed by atoms with E-state index in [1.807, 2.05) is 97.0 Å². The van der Waals surface area contributed by atoms with Crippen LogP contribution in [-0.2, 0) is 56.9 Å². The zero-order valence-electron chi connectivity index (χ0n) is 51.3. The number of anilines is 3. The Morgan fingerprint density at radius 3 is 1.94 bits per heavy atom. The number of carbonyl (C=O) groups excluding carboxylic acids is 8. The summed E-state index contributed by atoms with van der Waals surface area (Å²) in [6, 6.07) is 23.0. The summed E-state index contributed by atoms with van der Waals surface area (Å²) < 4.78 is 5.51. The average Bonchev–Trinajstić information content (AvgIpc) is 1.31. The second kappa shape index (κ2) is 30.7. The number of urea groups is 1. The van der Waals surface area contributed by atoms with Gasteiger partial charge >= 0.3 is 18.1 Å². The molecule has 0 unspecified atom stereocenters. The van der Waals surface area contributed by atoms with Gasteiger partial charge in [-0.1, -0.05) is 135 Å². The van der Waals surface area contributed by atoms with Crippen LogP contribution in [0, 0.1) is 29.1 Å². The highest BCUT2D eigenvalue weighted by molar-refractivity contribution is 6.00. The van der Waals surface area contributed by atoms with Crippen molar-refractivity contribution in [1.82, 2.24) is 31.5 Å². The molecule has 21 heteroatoms. The van der Waals surface area contributed by atoms with E-state index in [9.17, 15) is 48.3 Å². The zero-order valence-corrected chi connectivity index (χ0v) is 51.3. The van der Waals surface area contributed by atoms with Crippen LogP contribution in [-0.4, -0.2) is 114 Å². The summed E-state index contributed by atoms with van der Waals surface area (Å²) in [4.78, 5) is 123. The average molecular weight is 1180 g/mol. The Labute approximate surface area is 504 Å².